The molecule has 0 aliphatic carbocycles. The van der Waals surface area contributed by atoms with Crippen LogP contribution in [0.3, 0.4) is 0 Å². The van der Waals surface area contributed by atoms with Crippen LogP contribution in [0.2, 0.25) is 0 Å². The molecule has 0 atom stereocenters. The van der Waals surface area contributed by atoms with Crippen molar-refractivity contribution in [1.29, 1.82) is 5.26 Å². The van der Waals surface area contributed by atoms with Crippen LogP contribution in [0.15, 0.2) is 24.3 Å². The van der Waals surface area contributed by atoms with Gasteiger partial charge in [-0.1, -0.05) is 6.07 Å². The second-order valence-corrected chi connectivity index (χ2v) is 2.19. The van der Waals surface area contributed by atoms with E-state index in [0.717, 1.165) is 12.1 Å². The van der Waals surface area contributed by atoms with Crippen LogP contribution in [-0.2, 0) is 6.18 Å². The van der Waals surface area contributed by atoms with Crippen molar-refractivity contribution in [3.63, 3.8) is 0 Å². The van der Waals surface area contributed by atoms with Crippen LogP contribution in [-0.4, -0.2) is 0 Å². The van der Waals surface area contributed by atoms with Gasteiger partial charge < -0.3 is 0 Å². The first-order chi connectivity index (χ1) is 5.54. The molecular weight excluding hydrogens is 167 g/mol. The van der Waals surface area contributed by atoms with E-state index in [1.807, 2.05) is 0 Å². The average molecular weight is 171 g/mol. The fraction of sp³-hybridized carbons (Fsp3) is 0.125. The smallest absolute Gasteiger partial charge is 0.192 e. The van der Waals surface area contributed by atoms with E-state index >= 15 is 0 Å². The highest BCUT2D eigenvalue weighted by Gasteiger charge is 2.30. The highest BCUT2D eigenvalue weighted by atomic mass is 19.4. The fourth-order valence-electron chi connectivity index (χ4n) is 0.765. The monoisotopic (exact) mass is 171 g/mol. The van der Waals surface area contributed by atoms with Gasteiger partial charge in [-0.3, -0.25) is 0 Å². The Bertz CT molecular complexity index is 322. The van der Waals surface area contributed by atoms with Crippen LogP contribution < -0.4 is 0 Å². The molecule has 12 heavy (non-hydrogen) atoms. The summed E-state index contributed by atoms with van der Waals surface area (Å²) >= 11 is 0. The third-order valence-corrected chi connectivity index (χ3v) is 1.32. The van der Waals surface area contributed by atoms with Crippen molar-refractivity contribution in [2.75, 3.05) is 0 Å². The number of nitrogens with zero attached hydrogens (tertiary/aromatic N) is 1. The van der Waals surface area contributed by atoms with Crippen LogP contribution in [0.4, 0.5) is 13.2 Å². The summed E-state index contributed by atoms with van der Waals surface area (Å²) in [5.41, 5.74) is -0.772. The van der Waals surface area contributed by atoms with Gasteiger partial charge in [0.2, 0.25) is 0 Å². The summed E-state index contributed by atoms with van der Waals surface area (Å²) in [7, 11) is 0. The molecule has 0 spiro atoms. The van der Waals surface area contributed by atoms with E-state index < -0.39 is 11.7 Å². The van der Waals surface area contributed by atoms with Crippen LogP contribution in [0.1, 0.15) is 11.1 Å². The van der Waals surface area contributed by atoms with Gasteiger partial charge in [0.1, 0.15) is 0 Å². The molecule has 0 aliphatic rings. The average Bonchev–Trinajstić information content (AvgIpc) is 2.03. The van der Waals surface area contributed by atoms with Gasteiger partial charge in [0.25, 0.3) is 0 Å². The van der Waals surface area contributed by atoms with E-state index in [9.17, 15) is 13.2 Å². The van der Waals surface area contributed by atoms with Crippen LogP contribution in [0.5, 0.6) is 0 Å². The normalized spacial score (nSPS) is 10.8. The zero-order chi connectivity index (χ0) is 9.19. The lowest BCUT2D eigenvalue weighted by Gasteiger charge is -2.05. The lowest BCUT2D eigenvalue weighted by molar-refractivity contribution is -0.137. The maximum absolute atomic E-state index is 12.0. The number of halogens is 3. The van der Waals surface area contributed by atoms with Gasteiger partial charge in [0, 0.05) is 0 Å². The van der Waals surface area contributed by atoms with E-state index in [2.05, 4.69) is 0 Å². The summed E-state index contributed by atoms with van der Waals surface area (Å²) in [6.07, 6.45) is -4.37. The summed E-state index contributed by atoms with van der Waals surface area (Å²) in [5, 5.41) is 8.31. The molecule has 0 saturated heterocycles. The first-order valence-electron chi connectivity index (χ1n) is 3.11. The fourth-order valence-corrected chi connectivity index (χ4v) is 0.765. The van der Waals surface area contributed by atoms with Gasteiger partial charge >= 0.3 is 6.18 Å². The molecule has 0 saturated carbocycles. The highest BCUT2D eigenvalue weighted by Crippen LogP contribution is 2.29. The Balaban J connectivity index is 3.13. The molecule has 0 aromatic heterocycles. The Morgan fingerprint density at radius 2 is 1.92 bits per heavy atom. The van der Waals surface area contributed by atoms with Crippen molar-refractivity contribution in [1.82, 2.24) is 0 Å². The number of alkyl halides is 3. The maximum atomic E-state index is 12.0. The summed E-state index contributed by atoms with van der Waals surface area (Å²) < 4.78 is 36.0. The van der Waals surface area contributed by atoms with Gasteiger partial charge in [-0.2, -0.15) is 18.4 Å². The Morgan fingerprint density at radius 1 is 1.25 bits per heavy atom. The molecule has 0 N–H and O–H groups in total. The number of hydrogen-bond acceptors (Lipinski definition) is 1. The largest absolute Gasteiger partial charge is 0.416 e. The van der Waals surface area contributed by atoms with E-state index in [-0.39, 0.29) is 5.56 Å². The molecule has 0 bridgehead atoms. The molecule has 0 unspecified atom stereocenters. The SMILES string of the molecule is [14N]#Cc1cccc(C(F)(F)F)c1. The predicted octanol–water partition coefficient (Wildman–Crippen LogP) is 2.58. The van der Waals surface area contributed by atoms with Crippen LogP contribution in [0, 0.1) is 11.3 Å². The first-order valence-corrected chi connectivity index (χ1v) is 3.11. The van der Waals surface area contributed by atoms with Crippen molar-refractivity contribution >= 4 is 0 Å². The van der Waals surface area contributed by atoms with Gasteiger partial charge in [0.15, 0.2) is 0 Å². The quantitative estimate of drug-likeness (QED) is 0.588. The summed E-state index contributed by atoms with van der Waals surface area (Å²) in [4.78, 5) is 0. The minimum atomic E-state index is -4.37. The molecule has 62 valence electrons. The number of rotatable bonds is 0. The maximum Gasteiger partial charge on any atom is 0.416 e. The Morgan fingerprint density at radius 3 is 2.42 bits per heavy atom. The Kier molecular flexibility index (Phi) is 2.05. The summed E-state index contributed by atoms with van der Waals surface area (Å²) in [5.74, 6) is 0. The minimum absolute atomic E-state index is 0.0184. The summed E-state index contributed by atoms with van der Waals surface area (Å²) in [6.45, 7) is 0. The molecule has 1 nitrogen and oxygen atoms in total. The predicted molar refractivity (Wildman–Crippen MR) is 36.2 cm³/mol. The topological polar surface area (TPSA) is 23.8 Å². The number of hydrogen-bond donors (Lipinski definition) is 0. The van der Waals surface area contributed by atoms with E-state index in [0.29, 0.717) is 0 Å². The number of nitriles is 1. The van der Waals surface area contributed by atoms with Gasteiger partial charge in [-0.25, -0.2) is 0 Å². The number of benzene rings is 1. The molecule has 0 amide bonds. The van der Waals surface area contributed by atoms with Crippen molar-refractivity contribution in [2.45, 2.75) is 6.18 Å². The van der Waals surface area contributed by atoms with Crippen molar-refractivity contribution in [3.05, 3.63) is 35.4 Å². The highest BCUT2D eigenvalue weighted by molar-refractivity contribution is 5.33. The Hall–Kier alpha value is -1.50. The molecule has 4 heteroatoms. The van der Waals surface area contributed by atoms with E-state index in [1.54, 1.807) is 6.07 Å². The zero-order valence-corrected chi connectivity index (χ0v) is 5.89. The molecule has 1 aromatic carbocycles. The molecule has 0 heterocycles. The van der Waals surface area contributed by atoms with E-state index in [4.69, 9.17) is 5.26 Å². The molecule has 0 radical (unpaired) electrons. The molecule has 0 aliphatic heterocycles. The first kappa shape index (κ1) is 8.60. The second-order valence-electron chi connectivity index (χ2n) is 2.19. The Labute approximate surface area is 67.1 Å². The van der Waals surface area contributed by atoms with E-state index in [1.165, 1.54) is 12.1 Å². The standard InChI is InChI=1S/C8H4F3N/c9-8(10,11)7-3-1-2-6(4-7)5-12/h1-4H/i12+0. The third-order valence-electron chi connectivity index (χ3n) is 1.32. The lowest BCUT2D eigenvalue weighted by atomic mass is 10.1. The van der Waals surface area contributed by atoms with Crippen molar-refractivity contribution in [2.24, 2.45) is 0 Å². The summed E-state index contributed by atoms with van der Waals surface area (Å²) in [6, 6.07) is 5.93. The lowest BCUT2D eigenvalue weighted by Crippen LogP contribution is -2.04. The zero-order valence-electron chi connectivity index (χ0n) is 5.89. The molecule has 0 fully saturated rings. The van der Waals surface area contributed by atoms with Crippen LogP contribution >= 0.6 is 0 Å². The van der Waals surface area contributed by atoms with Crippen LogP contribution in [0.25, 0.3) is 0 Å². The molecular formula is C8H4F3N. The van der Waals surface area contributed by atoms with Crippen molar-refractivity contribution in [3.8, 4) is 6.07 Å². The minimum Gasteiger partial charge on any atom is -0.192 e. The van der Waals surface area contributed by atoms with Gasteiger partial charge in [0.05, 0.1) is 17.2 Å². The van der Waals surface area contributed by atoms with Gasteiger partial charge in [-0.05, 0) is 18.2 Å². The van der Waals surface area contributed by atoms with Gasteiger partial charge in [-0.15, -0.1) is 0 Å². The second kappa shape index (κ2) is 2.86. The molecule has 1 aromatic rings. The van der Waals surface area contributed by atoms with Crippen molar-refractivity contribution < 1.29 is 13.2 Å². The molecule has 1 rings (SSSR count). The third kappa shape index (κ3) is 1.76.